The fourth-order valence-electron chi connectivity index (χ4n) is 1.00. The first-order valence-corrected chi connectivity index (χ1v) is 4.87. The van der Waals surface area contributed by atoms with Crippen molar-refractivity contribution < 1.29 is 9.53 Å². The van der Waals surface area contributed by atoms with Gasteiger partial charge in [-0.1, -0.05) is 17.7 Å². The molecule has 15 heavy (non-hydrogen) atoms. The number of ether oxygens (including phenoxy) is 1. The van der Waals surface area contributed by atoms with Gasteiger partial charge in [-0.15, -0.1) is 0 Å². The lowest BCUT2D eigenvalue weighted by atomic mass is 10.2. The number of benzene rings is 1. The van der Waals surface area contributed by atoms with Crippen LogP contribution >= 0.6 is 11.6 Å². The summed E-state index contributed by atoms with van der Waals surface area (Å²) < 4.78 is 5.20. The molecule has 5 heteroatoms. The van der Waals surface area contributed by atoms with Gasteiger partial charge in [-0.05, 0) is 17.7 Å². The van der Waals surface area contributed by atoms with Crippen LogP contribution in [0, 0.1) is 0 Å². The van der Waals surface area contributed by atoms with E-state index in [1.807, 2.05) is 6.07 Å². The Bertz CT molecular complexity index is 355. The molecule has 1 rings (SSSR count). The van der Waals surface area contributed by atoms with Crippen molar-refractivity contribution in [1.29, 1.82) is 0 Å². The molecule has 0 bridgehead atoms. The van der Waals surface area contributed by atoms with Gasteiger partial charge in [0.1, 0.15) is 5.75 Å². The lowest BCUT2D eigenvalue weighted by Crippen LogP contribution is -2.24. The highest BCUT2D eigenvalue weighted by Gasteiger charge is 2.04. The van der Waals surface area contributed by atoms with Crippen molar-refractivity contribution in [2.45, 2.75) is 6.54 Å². The Labute approximate surface area is 93.4 Å². The van der Waals surface area contributed by atoms with Crippen LogP contribution in [0.25, 0.3) is 0 Å². The molecule has 0 aromatic heterocycles. The van der Waals surface area contributed by atoms with Gasteiger partial charge in [-0.25, -0.2) is 0 Å². The highest BCUT2D eigenvalue weighted by atomic mass is 35.5. The second kappa shape index (κ2) is 5.58. The number of halogens is 1. The maximum Gasteiger partial charge on any atom is 0.257 e. The molecule has 1 aromatic carbocycles. The SMILES string of the molecule is CNC(=O)COc1ccc(CN)cc1Cl. The largest absolute Gasteiger partial charge is 0.482 e. The van der Waals surface area contributed by atoms with Crippen LogP contribution in [0.5, 0.6) is 5.75 Å². The molecule has 0 aliphatic carbocycles. The number of likely N-dealkylation sites (N-methyl/N-ethyl adjacent to an activating group) is 1. The number of nitrogens with one attached hydrogen (secondary N) is 1. The Hall–Kier alpha value is -1.26. The number of nitrogens with two attached hydrogens (primary N) is 1. The van der Waals surface area contributed by atoms with Crippen LogP contribution in [-0.4, -0.2) is 19.6 Å². The van der Waals surface area contributed by atoms with E-state index in [0.29, 0.717) is 17.3 Å². The van der Waals surface area contributed by atoms with Crippen molar-refractivity contribution in [3.63, 3.8) is 0 Å². The van der Waals surface area contributed by atoms with Crippen molar-refractivity contribution in [2.75, 3.05) is 13.7 Å². The molecule has 1 aromatic rings. The smallest absolute Gasteiger partial charge is 0.257 e. The Balaban J connectivity index is 2.66. The predicted molar refractivity (Wildman–Crippen MR) is 58.9 cm³/mol. The Morgan fingerprint density at radius 1 is 1.60 bits per heavy atom. The third-order valence-corrected chi connectivity index (χ3v) is 2.16. The lowest BCUT2D eigenvalue weighted by molar-refractivity contribution is -0.122. The summed E-state index contributed by atoms with van der Waals surface area (Å²) in [6, 6.07) is 5.24. The highest BCUT2D eigenvalue weighted by Crippen LogP contribution is 2.25. The Morgan fingerprint density at radius 2 is 2.33 bits per heavy atom. The maximum absolute atomic E-state index is 10.9. The number of rotatable bonds is 4. The van der Waals surface area contributed by atoms with Gasteiger partial charge in [0.15, 0.2) is 6.61 Å². The van der Waals surface area contributed by atoms with Crippen LogP contribution in [0.3, 0.4) is 0 Å². The summed E-state index contributed by atoms with van der Waals surface area (Å²) in [4.78, 5) is 10.9. The van der Waals surface area contributed by atoms with Crippen LogP contribution < -0.4 is 15.8 Å². The van der Waals surface area contributed by atoms with Crippen molar-refractivity contribution in [2.24, 2.45) is 5.73 Å². The fourth-order valence-corrected chi connectivity index (χ4v) is 1.26. The number of carbonyl (C=O) groups excluding carboxylic acids is 1. The first-order chi connectivity index (χ1) is 7.17. The van der Waals surface area contributed by atoms with E-state index in [1.54, 1.807) is 19.2 Å². The van der Waals surface area contributed by atoms with Crippen LogP contribution in [-0.2, 0) is 11.3 Å². The zero-order valence-electron chi connectivity index (χ0n) is 8.42. The summed E-state index contributed by atoms with van der Waals surface area (Å²) in [5.41, 5.74) is 6.37. The molecule has 4 nitrogen and oxygen atoms in total. The molecule has 82 valence electrons. The van der Waals surface area contributed by atoms with Gasteiger partial charge in [-0.3, -0.25) is 4.79 Å². The summed E-state index contributed by atoms with van der Waals surface area (Å²) in [5, 5.41) is 2.91. The molecule has 1 amide bonds. The van der Waals surface area contributed by atoms with Gasteiger partial charge in [0.05, 0.1) is 5.02 Å². The molecule has 0 atom stereocenters. The summed E-state index contributed by atoms with van der Waals surface area (Å²) in [6.45, 7) is 0.383. The van der Waals surface area contributed by atoms with Crippen LogP contribution in [0.2, 0.25) is 5.02 Å². The van der Waals surface area contributed by atoms with E-state index in [0.717, 1.165) is 5.56 Å². The average molecular weight is 229 g/mol. The standard InChI is InChI=1S/C10H13ClN2O2/c1-13-10(14)6-15-9-3-2-7(5-12)4-8(9)11/h2-4H,5-6,12H2,1H3,(H,13,14). The van der Waals surface area contributed by atoms with Crippen LogP contribution in [0.1, 0.15) is 5.56 Å². The molecule has 0 saturated carbocycles. The number of amides is 1. The van der Waals surface area contributed by atoms with E-state index in [-0.39, 0.29) is 12.5 Å². The first kappa shape index (κ1) is 11.8. The number of carbonyl (C=O) groups is 1. The zero-order chi connectivity index (χ0) is 11.3. The maximum atomic E-state index is 10.9. The molecule has 0 spiro atoms. The minimum Gasteiger partial charge on any atom is -0.482 e. The van der Waals surface area contributed by atoms with E-state index in [4.69, 9.17) is 22.1 Å². The predicted octanol–water partition coefficient (Wildman–Crippen LogP) is 0.923. The van der Waals surface area contributed by atoms with Gasteiger partial charge in [0, 0.05) is 13.6 Å². The van der Waals surface area contributed by atoms with Crippen molar-refractivity contribution in [1.82, 2.24) is 5.32 Å². The number of hydrogen-bond acceptors (Lipinski definition) is 3. The fraction of sp³-hybridized carbons (Fsp3) is 0.300. The van der Waals surface area contributed by atoms with E-state index in [9.17, 15) is 4.79 Å². The van der Waals surface area contributed by atoms with E-state index in [2.05, 4.69) is 5.32 Å². The van der Waals surface area contributed by atoms with Gasteiger partial charge >= 0.3 is 0 Å². The molecule has 0 aliphatic rings. The second-order valence-electron chi connectivity index (χ2n) is 2.93. The molecule has 0 unspecified atom stereocenters. The Morgan fingerprint density at radius 3 is 2.87 bits per heavy atom. The van der Waals surface area contributed by atoms with E-state index < -0.39 is 0 Å². The zero-order valence-corrected chi connectivity index (χ0v) is 9.17. The third-order valence-electron chi connectivity index (χ3n) is 1.87. The summed E-state index contributed by atoms with van der Waals surface area (Å²) in [7, 11) is 1.55. The number of hydrogen-bond donors (Lipinski definition) is 2. The molecule has 3 N–H and O–H groups in total. The highest BCUT2D eigenvalue weighted by molar-refractivity contribution is 6.32. The molecule has 0 fully saturated rings. The van der Waals surface area contributed by atoms with Crippen LogP contribution in [0.4, 0.5) is 0 Å². The molecular weight excluding hydrogens is 216 g/mol. The molecular formula is C10H13ClN2O2. The molecule has 0 radical (unpaired) electrons. The minimum atomic E-state index is -0.200. The molecule has 0 saturated heterocycles. The summed E-state index contributed by atoms with van der Waals surface area (Å²) in [6.07, 6.45) is 0. The quantitative estimate of drug-likeness (QED) is 0.806. The second-order valence-corrected chi connectivity index (χ2v) is 3.34. The van der Waals surface area contributed by atoms with Crippen molar-refractivity contribution in [3.05, 3.63) is 28.8 Å². The van der Waals surface area contributed by atoms with Crippen LogP contribution in [0.15, 0.2) is 18.2 Å². The van der Waals surface area contributed by atoms with Gasteiger partial charge in [-0.2, -0.15) is 0 Å². The molecule has 0 heterocycles. The summed E-state index contributed by atoms with van der Waals surface area (Å²) in [5.74, 6) is 0.284. The van der Waals surface area contributed by atoms with E-state index >= 15 is 0 Å². The average Bonchev–Trinajstić information content (AvgIpc) is 2.26. The monoisotopic (exact) mass is 228 g/mol. The van der Waals surface area contributed by atoms with Gasteiger partial charge in [0.25, 0.3) is 5.91 Å². The minimum absolute atomic E-state index is 0.0435. The summed E-state index contributed by atoms with van der Waals surface area (Å²) >= 11 is 5.92. The van der Waals surface area contributed by atoms with Crippen molar-refractivity contribution in [3.8, 4) is 5.75 Å². The lowest BCUT2D eigenvalue weighted by Gasteiger charge is -2.07. The topological polar surface area (TPSA) is 64.3 Å². The molecule has 0 aliphatic heterocycles. The van der Waals surface area contributed by atoms with E-state index in [1.165, 1.54) is 0 Å². The Kier molecular flexibility index (Phi) is 4.39. The van der Waals surface area contributed by atoms with Crippen molar-refractivity contribution >= 4 is 17.5 Å². The third kappa shape index (κ3) is 3.42. The normalized spacial score (nSPS) is 9.80. The van der Waals surface area contributed by atoms with Gasteiger partial charge < -0.3 is 15.8 Å². The first-order valence-electron chi connectivity index (χ1n) is 4.49. The van der Waals surface area contributed by atoms with Gasteiger partial charge in [0.2, 0.25) is 0 Å².